The molecule has 0 amide bonds. The van der Waals surface area contributed by atoms with Gasteiger partial charge in [0.2, 0.25) is 0 Å². The first-order valence-corrected chi connectivity index (χ1v) is 8.21. The van der Waals surface area contributed by atoms with E-state index in [4.69, 9.17) is 9.47 Å². The third kappa shape index (κ3) is 3.89. The molecule has 0 aliphatic heterocycles. The highest BCUT2D eigenvalue weighted by molar-refractivity contribution is 5.45. The van der Waals surface area contributed by atoms with Crippen LogP contribution in [-0.4, -0.2) is 14.2 Å². The molecular weight excluding hydrogens is 298 g/mol. The molecule has 0 saturated heterocycles. The summed E-state index contributed by atoms with van der Waals surface area (Å²) >= 11 is 0. The lowest BCUT2D eigenvalue weighted by Gasteiger charge is -2.17. The van der Waals surface area contributed by atoms with Gasteiger partial charge in [-0.1, -0.05) is 43.7 Å². The molecule has 1 unspecified atom stereocenters. The predicted octanol–water partition coefficient (Wildman–Crippen LogP) is 4.99. The van der Waals surface area contributed by atoms with Gasteiger partial charge in [-0.05, 0) is 42.5 Å². The first-order chi connectivity index (χ1) is 11.5. The number of nitrogens with zero attached hydrogens (tertiary/aromatic N) is 1. The van der Waals surface area contributed by atoms with E-state index in [0.717, 1.165) is 28.2 Å². The van der Waals surface area contributed by atoms with Crippen molar-refractivity contribution in [2.75, 3.05) is 14.2 Å². The maximum atomic E-state index is 9.75. The summed E-state index contributed by atoms with van der Waals surface area (Å²) in [6, 6.07) is 14.6. The second kappa shape index (κ2) is 7.88. The van der Waals surface area contributed by atoms with Crippen molar-refractivity contribution in [3.8, 4) is 17.6 Å². The van der Waals surface area contributed by atoms with Crippen LogP contribution in [0, 0.1) is 18.3 Å². The molecule has 0 fully saturated rings. The summed E-state index contributed by atoms with van der Waals surface area (Å²) in [7, 11) is 3.31. The molecule has 126 valence electrons. The number of ether oxygens (including phenoxy) is 2. The van der Waals surface area contributed by atoms with E-state index in [-0.39, 0.29) is 5.92 Å². The van der Waals surface area contributed by atoms with Crippen molar-refractivity contribution in [2.45, 2.75) is 39.0 Å². The Morgan fingerprint density at radius 1 is 1.00 bits per heavy atom. The maximum Gasteiger partial charge on any atom is 0.123 e. The van der Waals surface area contributed by atoms with E-state index in [2.05, 4.69) is 32.0 Å². The number of hydrogen-bond acceptors (Lipinski definition) is 3. The summed E-state index contributed by atoms with van der Waals surface area (Å²) in [5.74, 6) is 1.73. The second-order valence-electron chi connectivity index (χ2n) is 6.36. The quantitative estimate of drug-likeness (QED) is 0.752. The zero-order valence-electron chi connectivity index (χ0n) is 15.1. The molecule has 2 aromatic rings. The molecule has 1 atom stereocenters. The van der Waals surface area contributed by atoms with Crippen LogP contribution in [0.5, 0.6) is 11.5 Å². The van der Waals surface area contributed by atoms with E-state index in [1.807, 2.05) is 31.2 Å². The minimum Gasteiger partial charge on any atom is -0.496 e. The van der Waals surface area contributed by atoms with Crippen molar-refractivity contribution in [2.24, 2.45) is 0 Å². The molecule has 0 heterocycles. The fraction of sp³-hybridized carbons (Fsp3) is 0.381. The maximum absolute atomic E-state index is 9.75. The van der Waals surface area contributed by atoms with Gasteiger partial charge in [-0.25, -0.2) is 0 Å². The van der Waals surface area contributed by atoms with Crippen molar-refractivity contribution in [1.29, 1.82) is 5.26 Å². The van der Waals surface area contributed by atoms with E-state index in [1.54, 1.807) is 14.2 Å². The van der Waals surface area contributed by atoms with Crippen LogP contribution < -0.4 is 9.47 Å². The van der Waals surface area contributed by atoms with E-state index < -0.39 is 0 Å². The number of methoxy groups -OCH3 is 2. The Kier molecular flexibility index (Phi) is 5.87. The molecule has 2 rings (SSSR count). The Labute approximate surface area is 144 Å². The average molecular weight is 323 g/mol. The highest BCUT2D eigenvalue weighted by atomic mass is 16.5. The molecule has 24 heavy (non-hydrogen) atoms. The van der Waals surface area contributed by atoms with Crippen LogP contribution in [0.25, 0.3) is 0 Å². The Hall–Kier alpha value is -2.47. The largest absolute Gasteiger partial charge is 0.496 e. The molecule has 3 nitrogen and oxygen atoms in total. The van der Waals surface area contributed by atoms with E-state index in [1.165, 1.54) is 5.56 Å². The van der Waals surface area contributed by atoms with Gasteiger partial charge in [0.05, 0.1) is 26.2 Å². The molecule has 0 bridgehead atoms. The third-order valence-electron chi connectivity index (χ3n) is 4.31. The van der Waals surface area contributed by atoms with Crippen LogP contribution in [0.4, 0.5) is 0 Å². The topological polar surface area (TPSA) is 42.2 Å². The molecule has 3 heteroatoms. The monoisotopic (exact) mass is 323 g/mol. The number of rotatable bonds is 6. The average Bonchev–Trinajstić information content (AvgIpc) is 2.59. The van der Waals surface area contributed by atoms with Crippen LogP contribution in [0.15, 0.2) is 36.4 Å². The highest BCUT2D eigenvalue weighted by Crippen LogP contribution is 2.33. The van der Waals surface area contributed by atoms with Gasteiger partial charge in [-0.2, -0.15) is 5.26 Å². The van der Waals surface area contributed by atoms with Gasteiger partial charge in [-0.3, -0.25) is 0 Å². The van der Waals surface area contributed by atoms with Crippen molar-refractivity contribution in [3.63, 3.8) is 0 Å². The van der Waals surface area contributed by atoms with Crippen molar-refractivity contribution >= 4 is 0 Å². The Morgan fingerprint density at radius 2 is 1.67 bits per heavy atom. The Morgan fingerprint density at radius 3 is 2.25 bits per heavy atom. The fourth-order valence-corrected chi connectivity index (χ4v) is 2.89. The Bertz CT molecular complexity index is 744. The number of aryl methyl sites for hydroxylation is 1. The standard InChI is InChI=1S/C21H25NO2/c1-14(2)16-7-9-20(23-4)17(11-16)12-18(13-22)19-10-15(3)6-8-21(19)24-5/h6-11,14,18H,12H2,1-5H3. The third-order valence-corrected chi connectivity index (χ3v) is 4.31. The molecule has 0 radical (unpaired) electrons. The minimum absolute atomic E-state index is 0.281. The summed E-state index contributed by atoms with van der Waals surface area (Å²) in [6.45, 7) is 6.35. The number of nitriles is 1. The molecule has 0 N–H and O–H groups in total. The van der Waals surface area contributed by atoms with Crippen LogP contribution in [0.1, 0.15) is 47.9 Å². The van der Waals surface area contributed by atoms with Gasteiger partial charge >= 0.3 is 0 Å². The van der Waals surface area contributed by atoms with Gasteiger partial charge in [0, 0.05) is 5.56 Å². The van der Waals surface area contributed by atoms with Crippen molar-refractivity contribution in [3.05, 3.63) is 58.7 Å². The molecular formula is C21H25NO2. The number of hydrogen-bond donors (Lipinski definition) is 0. The van der Waals surface area contributed by atoms with Crippen LogP contribution >= 0.6 is 0 Å². The lowest BCUT2D eigenvalue weighted by atomic mass is 9.89. The van der Waals surface area contributed by atoms with Crippen LogP contribution in [0.2, 0.25) is 0 Å². The first-order valence-electron chi connectivity index (χ1n) is 8.21. The molecule has 0 aromatic heterocycles. The molecule has 0 saturated carbocycles. The summed E-state index contributed by atoms with van der Waals surface area (Å²) in [5, 5.41) is 9.75. The zero-order valence-corrected chi connectivity index (χ0v) is 15.1. The smallest absolute Gasteiger partial charge is 0.123 e. The van der Waals surface area contributed by atoms with Crippen molar-refractivity contribution in [1.82, 2.24) is 0 Å². The lowest BCUT2D eigenvalue weighted by Crippen LogP contribution is -2.06. The number of benzene rings is 2. The summed E-state index contributed by atoms with van der Waals surface area (Å²) in [6.07, 6.45) is 0.597. The summed E-state index contributed by atoms with van der Waals surface area (Å²) in [4.78, 5) is 0. The molecule has 0 aliphatic rings. The van der Waals surface area contributed by atoms with Crippen LogP contribution in [-0.2, 0) is 6.42 Å². The molecule has 0 aliphatic carbocycles. The second-order valence-corrected chi connectivity index (χ2v) is 6.36. The van der Waals surface area contributed by atoms with Gasteiger partial charge in [0.15, 0.2) is 0 Å². The highest BCUT2D eigenvalue weighted by Gasteiger charge is 2.19. The van der Waals surface area contributed by atoms with Crippen molar-refractivity contribution < 1.29 is 9.47 Å². The summed E-state index contributed by atoms with van der Waals surface area (Å²) < 4.78 is 11.0. The minimum atomic E-state index is -0.281. The zero-order chi connectivity index (χ0) is 17.7. The predicted molar refractivity (Wildman–Crippen MR) is 96.9 cm³/mol. The van der Waals surface area contributed by atoms with E-state index in [9.17, 15) is 5.26 Å². The molecule has 2 aromatic carbocycles. The first kappa shape index (κ1) is 17.9. The fourth-order valence-electron chi connectivity index (χ4n) is 2.89. The van der Waals surface area contributed by atoms with E-state index >= 15 is 0 Å². The van der Waals surface area contributed by atoms with Gasteiger partial charge in [0.25, 0.3) is 0 Å². The van der Waals surface area contributed by atoms with Gasteiger partial charge in [-0.15, -0.1) is 0 Å². The normalized spacial score (nSPS) is 11.9. The SMILES string of the molecule is COc1ccc(C(C)C)cc1CC(C#N)c1cc(C)ccc1OC. The Balaban J connectivity index is 2.43. The van der Waals surface area contributed by atoms with Crippen LogP contribution in [0.3, 0.4) is 0 Å². The van der Waals surface area contributed by atoms with Gasteiger partial charge < -0.3 is 9.47 Å². The van der Waals surface area contributed by atoms with E-state index in [0.29, 0.717) is 12.3 Å². The lowest BCUT2D eigenvalue weighted by molar-refractivity contribution is 0.403. The summed E-state index contributed by atoms with van der Waals surface area (Å²) in [5.41, 5.74) is 4.35. The molecule has 0 spiro atoms. The van der Waals surface area contributed by atoms with Gasteiger partial charge in [0.1, 0.15) is 11.5 Å².